The van der Waals surface area contributed by atoms with Crippen molar-refractivity contribution in [2.24, 2.45) is 11.1 Å². The summed E-state index contributed by atoms with van der Waals surface area (Å²) < 4.78 is 0. The second-order valence-corrected chi connectivity index (χ2v) is 8.67. The minimum Gasteiger partial charge on any atom is -0.478 e. The number of pyridine rings is 1. The van der Waals surface area contributed by atoms with Crippen LogP contribution in [0.4, 0.5) is 0 Å². The van der Waals surface area contributed by atoms with Crippen molar-refractivity contribution in [1.82, 2.24) is 4.98 Å². The third-order valence-corrected chi connectivity index (χ3v) is 4.86. The molecule has 0 aliphatic heterocycles. The van der Waals surface area contributed by atoms with E-state index in [9.17, 15) is 4.79 Å². The van der Waals surface area contributed by atoms with Crippen molar-refractivity contribution in [3.63, 3.8) is 0 Å². The molecule has 150 valence electrons. The molecule has 3 rings (SSSR count). The molecule has 0 radical (unpaired) electrons. The highest BCUT2D eigenvalue weighted by Gasteiger charge is 2.20. The maximum atomic E-state index is 10.9. The second-order valence-electron chi connectivity index (χ2n) is 8.67. The van der Waals surface area contributed by atoms with Crippen molar-refractivity contribution in [3.8, 4) is 11.1 Å². The summed E-state index contributed by atoms with van der Waals surface area (Å²) >= 11 is 0. The van der Waals surface area contributed by atoms with Crippen LogP contribution < -0.4 is 5.73 Å². The number of carboxylic acid groups (broad SMARTS) is 1. The normalized spacial score (nSPS) is 12.0. The zero-order valence-corrected chi connectivity index (χ0v) is 17.5. The average molecular weight is 389 g/mol. The van der Waals surface area contributed by atoms with Crippen LogP contribution in [-0.2, 0) is 17.8 Å². The minimum absolute atomic E-state index is 0.0826. The van der Waals surface area contributed by atoms with Gasteiger partial charge >= 0.3 is 5.97 Å². The number of carbonyl (C=O) groups is 1. The fraction of sp³-hybridized carbons (Fsp3) is 0.280. The van der Waals surface area contributed by atoms with E-state index >= 15 is 0 Å². The molecule has 0 unspecified atom stereocenters. The van der Waals surface area contributed by atoms with Gasteiger partial charge in [-0.3, -0.25) is 4.98 Å². The van der Waals surface area contributed by atoms with E-state index in [1.165, 1.54) is 5.56 Å². The molecule has 3 aromatic rings. The molecule has 29 heavy (non-hydrogen) atoms. The van der Waals surface area contributed by atoms with Gasteiger partial charge in [0.1, 0.15) is 0 Å². The Kier molecular flexibility index (Phi) is 5.85. The number of aliphatic carboxylic acids is 1. The van der Waals surface area contributed by atoms with E-state index in [-0.39, 0.29) is 5.41 Å². The average Bonchev–Trinajstić information content (AvgIpc) is 2.65. The van der Waals surface area contributed by atoms with Crippen LogP contribution >= 0.6 is 0 Å². The van der Waals surface area contributed by atoms with Gasteiger partial charge in [0.05, 0.1) is 5.52 Å². The monoisotopic (exact) mass is 388 g/mol. The number of hydrogen-bond acceptors (Lipinski definition) is 3. The number of aryl methyl sites for hydroxylation is 1. The molecular weight excluding hydrogens is 360 g/mol. The molecular formula is C25H28N2O2. The van der Waals surface area contributed by atoms with Crippen molar-refractivity contribution in [2.75, 3.05) is 0 Å². The number of aromatic nitrogens is 1. The molecule has 1 heterocycles. The van der Waals surface area contributed by atoms with Gasteiger partial charge in [-0.05, 0) is 59.2 Å². The number of nitrogens with zero attached hydrogens (tertiary/aromatic N) is 1. The molecule has 0 saturated carbocycles. The van der Waals surface area contributed by atoms with Crippen LogP contribution in [0.3, 0.4) is 0 Å². The van der Waals surface area contributed by atoms with Crippen LogP contribution in [0.1, 0.15) is 43.2 Å². The van der Waals surface area contributed by atoms with Crippen molar-refractivity contribution in [3.05, 3.63) is 70.9 Å². The zero-order chi connectivity index (χ0) is 21.2. The van der Waals surface area contributed by atoms with Gasteiger partial charge in [-0.15, -0.1) is 0 Å². The maximum Gasteiger partial charge on any atom is 0.328 e. The molecule has 0 aliphatic carbocycles. The Morgan fingerprint density at radius 1 is 1.14 bits per heavy atom. The van der Waals surface area contributed by atoms with Gasteiger partial charge in [-0.25, -0.2) is 4.79 Å². The summed E-state index contributed by atoms with van der Waals surface area (Å²) in [6.07, 6.45) is 3.58. The first-order valence-corrected chi connectivity index (χ1v) is 9.81. The molecule has 3 N–H and O–H groups in total. The van der Waals surface area contributed by atoms with E-state index in [0.29, 0.717) is 6.54 Å². The maximum absolute atomic E-state index is 10.9. The Hall–Kier alpha value is -2.98. The molecule has 0 saturated heterocycles. The summed E-state index contributed by atoms with van der Waals surface area (Å²) in [7, 11) is 0. The Bertz CT molecular complexity index is 1070. The Morgan fingerprint density at radius 3 is 2.41 bits per heavy atom. The van der Waals surface area contributed by atoms with Crippen LogP contribution in [0, 0.1) is 12.3 Å². The van der Waals surface area contributed by atoms with Crippen LogP contribution in [0.15, 0.2) is 48.5 Å². The molecule has 0 spiro atoms. The lowest BCUT2D eigenvalue weighted by molar-refractivity contribution is -0.131. The van der Waals surface area contributed by atoms with E-state index in [1.54, 1.807) is 6.08 Å². The van der Waals surface area contributed by atoms with Crippen LogP contribution in [0.25, 0.3) is 28.1 Å². The van der Waals surface area contributed by atoms with Gasteiger partial charge in [0, 0.05) is 23.7 Å². The molecule has 0 aliphatic rings. The van der Waals surface area contributed by atoms with Crippen molar-refractivity contribution < 1.29 is 9.90 Å². The molecule has 0 atom stereocenters. The first kappa shape index (κ1) is 20.7. The SMILES string of the molecule is Cc1ccc(-c2c(CN)c(CC(C)(C)C)nc3ccc(/C=C/C(=O)O)cc23)cc1. The Balaban J connectivity index is 2.33. The van der Waals surface area contributed by atoms with E-state index < -0.39 is 5.97 Å². The largest absolute Gasteiger partial charge is 0.478 e. The fourth-order valence-electron chi connectivity index (χ4n) is 3.56. The van der Waals surface area contributed by atoms with Gasteiger partial charge in [-0.1, -0.05) is 56.7 Å². The second kappa shape index (κ2) is 8.18. The minimum atomic E-state index is -0.967. The van der Waals surface area contributed by atoms with Gasteiger partial charge in [0.15, 0.2) is 0 Å². The van der Waals surface area contributed by atoms with Crippen molar-refractivity contribution in [2.45, 2.75) is 40.7 Å². The third-order valence-electron chi connectivity index (χ3n) is 4.86. The number of carboxylic acids is 1. The Labute approximate surface area is 172 Å². The topological polar surface area (TPSA) is 76.2 Å². The number of rotatable bonds is 5. The quantitative estimate of drug-likeness (QED) is 0.577. The molecule has 2 aromatic carbocycles. The molecule has 0 fully saturated rings. The predicted octanol–water partition coefficient (Wildman–Crippen LogP) is 5.36. The molecule has 1 aromatic heterocycles. The summed E-state index contributed by atoms with van der Waals surface area (Å²) in [5.74, 6) is -0.967. The molecule has 4 heteroatoms. The zero-order valence-electron chi connectivity index (χ0n) is 17.5. The van der Waals surface area contributed by atoms with Gasteiger partial charge < -0.3 is 10.8 Å². The van der Waals surface area contributed by atoms with Crippen LogP contribution in [0.5, 0.6) is 0 Å². The van der Waals surface area contributed by atoms with Crippen LogP contribution in [0.2, 0.25) is 0 Å². The van der Waals surface area contributed by atoms with E-state index in [4.69, 9.17) is 15.8 Å². The van der Waals surface area contributed by atoms with Crippen molar-refractivity contribution >= 4 is 22.9 Å². The lowest BCUT2D eigenvalue weighted by Gasteiger charge is -2.23. The number of fused-ring (bicyclic) bond motifs is 1. The number of benzene rings is 2. The first-order valence-electron chi connectivity index (χ1n) is 9.81. The highest BCUT2D eigenvalue weighted by Crippen LogP contribution is 2.36. The summed E-state index contributed by atoms with van der Waals surface area (Å²) in [6, 6.07) is 14.3. The van der Waals surface area contributed by atoms with E-state index in [0.717, 1.165) is 51.3 Å². The summed E-state index contributed by atoms with van der Waals surface area (Å²) in [6.45, 7) is 9.06. The number of hydrogen-bond donors (Lipinski definition) is 2. The van der Waals surface area contributed by atoms with Gasteiger partial charge in [0.25, 0.3) is 0 Å². The highest BCUT2D eigenvalue weighted by molar-refractivity contribution is 5.98. The molecule has 0 bridgehead atoms. The fourth-order valence-corrected chi connectivity index (χ4v) is 3.56. The van der Waals surface area contributed by atoms with Gasteiger partial charge in [0.2, 0.25) is 0 Å². The Morgan fingerprint density at radius 2 is 1.83 bits per heavy atom. The lowest BCUT2D eigenvalue weighted by Crippen LogP contribution is -2.15. The smallest absolute Gasteiger partial charge is 0.328 e. The third kappa shape index (κ3) is 4.90. The molecule has 0 amide bonds. The number of nitrogens with two attached hydrogens (primary N) is 1. The van der Waals surface area contributed by atoms with E-state index in [1.807, 2.05) is 18.2 Å². The predicted molar refractivity (Wildman–Crippen MR) is 120 cm³/mol. The lowest BCUT2D eigenvalue weighted by atomic mass is 9.85. The summed E-state index contributed by atoms with van der Waals surface area (Å²) in [5, 5.41) is 9.94. The van der Waals surface area contributed by atoms with Crippen LogP contribution in [-0.4, -0.2) is 16.1 Å². The van der Waals surface area contributed by atoms with Gasteiger partial charge in [-0.2, -0.15) is 0 Å². The summed E-state index contributed by atoms with van der Waals surface area (Å²) in [5.41, 5.74) is 13.5. The van der Waals surface area contributed by atoms with Crippen molar-refractivity contribution in [1.29, 1.82) is 0 Å². The summed E-state index contributed by atoms with van der Waals surface area (Å²) in [4.78, 5) is 15.9. The highest BCUT2D eigenvalue weighted by atomic mass is 16.4. The first-order chi connectivity index (χ1) is 13.7. The van der Waals surface area contributed by atoms with E-state index in [2.05, 4.69) is 52.0 Å². The molecule has 4 nitrogen and oxygen atoms in total. The standard InChI is InChI=1S/C25H28N2O2/c1-16-5-9-18(10-6-16)24-19-13-17(8-12-23(28)29)7-11-21(19)27-22(20(24)15-26)14-25(2,3)4/h5-13H,14-15,26H2,1-4H3,(H,28,29)/b12-8+.